The van der Waals surface area contributed by atoms with Crippen molar-refractivity contribution in [2.75, 3.05) is 5.73 Å². The Hall–Kier alpha value is -2.27. The maximum Gasteiger partial charge on any atom is 0.337 e. The van der Waals surface area contributed by atoms with Crippen molar-refractivity contribution in [3.63, 3.8) is 0 Å². The van der Waals surface area contributed by atoms with Gasteiger partial charge in [-0.1, -0.05) is 11.6 Å². The summed E-state index contributed by atoms with van der Waals surface area (Å²) < 4.78 is 19.2. The standard InChI is InChI=1S/C14H11ClFNO3/c1-7-4-8(15)2-3-12(7)20-13-5-9(14(18)19)11(17)6-10(13)16/h2-6H,17H2,1H3,(H,18,19). The average Bonchev–Trinajstić information content (AvgIpc) is 2.35. The van der Waals surface area contributed by atoms with E-state index < -0.39 is 11.8 Å². The highest BCUT2D eigenvalue weighted by molar-refractivity contribution is 6.30. The van der Waals surface area contributed by atoms with Crippen LogP contribution in [0.2, 0.25) is 5.02 Å². The molecular weight excluding hydrogens is 285 g/mol. The van der Waals surface area contributed by atoms with Crippen LogP contribution in [-0.2, 0) is 0 Å². The summed E-state index contributed by atoms with van der Waals surface area (Å²) in [6, 6.07) is 6.81. The summed E-state index contributed by atoms with van der Waals surface area (Å²) in [5.41, 5.74) is 5.77. The summed E-state index contributed by atoms with van der Waals surface area (Å²) in [6.07, 6.45) is 0. The molecule has 0 amide bonds. The Morgan fingerprint density at radius 3 is 2.60 bits per heavy atom. The van der Waals surface area contributed by atoms with E-state index in [4.69, 9.17) is 27.2 Å². The quantitative estimate of drug-likeness (QED) is 0.843. The van der Waals surface area contributed by atoms with Crippen molar-refractivity contribution in [1.82, 2.24) is 0 Å². The highest BCUT2D eigenvalue weighted by atomic mass is 35.5. The molecule has 0 unspecified atom stereocenters. The van der Waals surface area contributed by atoms with E-state index in [0.717, 1.165) is 12.1 Å². The first-order valence-electron chi connectivity index (χ1n) is 5.65. The maximum absolute atomic E-state index is 13.8. The van der Waals surface area contributed by atoms with Crippen LogP contribution in [0.4, 0.5) is 10.1 Å². The molecule has 0 aliphatic carbocycles. The van der Waals surface area contributed by atoms with Crippen LogP contribution in [-0.4, -0.2) is 11.1 Å². The van der Waals surface area contributed by atoms with Crippen molar-refractivity contribution in [1.29, 1.82) is 0 Å². The van der Waals surface area contributed by atoms with Crippen LogP contribution >= 0.6 is 11.6 Å². The number of anilines is 1. The number of nitrogens with two attached hydrogens (primary N) is 1. The summed E-state index contributed by atoms with van der Waals surface area (Å²) in [4.78, 5) is 11.0. The lowest BCUT2D eigenvalue weighted by molar-refractivity contribution is 0.0697. The van der Waals surface area contributed by atoms with Crippen molar-refractivity contribution in [3.05, 3.63) is 52.3 Å². The van der Waals surface area contributed by atoms with Crippen LogP contribution in [0.5, 0.6) is 11.5 Å². The van der Waals surface area contributed by atoms with Crippen LogP contribution in [0.1, 0.15) is 15.9 Å². The number of aromatic carboxylic acids is 1. The normalized spacial score (nSPS) is 10.3. The van der Waals surface area contributed by atoms with Gasteiger partial charge in [-0.15, -0.1) is 0 Å². The van der Waals surface area contributed by atoms with Gasteiger partial charge in [-0.2, -0.15) is 0 Å². The molecule has 0 bridgehead atoms. The number of hydrogen-bond acceptors (Lipinski definition) is 3. The number of rotatable bonds is 3. The zero-order chi connectivity index (χ0) is 14.9. The zero-order valence-electron chi connectivity index (χ0n) is 10.5. The number of carboxylic acid groups (broad SMARTS) is 1. The molecule has 2 aromatic rings. The maximum atomic E-state index is 13.8. The molecule has 4 nitrogen and oxygen atoms in total. The third-order valence-electron chi connectivity index (χ3n) is 2.69. The second-order valence-electron chi connectivity index (χ2n) is 4.19. The summed E-state index contributed by atoms with van der Waals surface area (Å²) in [5.74, 6) is -1.81. The summed E-state index contributed by atoms with van der Waals surface area (Å²) in [7, 11) is 0. The molecule has 2 aromatic carbocycles. The zero-order valence-corrected chi connectivity index (χ0v) is 11.2. The predicted octanol–water partition coefficient (Wildman–Crippen LogP) is 3.86. The monoisotopic (exact) mass is 295 g/mol. The minimum absolute atomic E-state index is 0.157. The Labute approximate surface area is 119 Å². The van der Waals surface area contributed by atoms with E-state index >= 15 is 0 Å². The Morgan fingerprint density at radius 2 is 2.00 bits per heavy atom. The van der Waals surface area contributed by atoms with Gasteiger partial charge in [0.25, 0.3) is 0 Å². The molecule has 6 heteroatoms. The molecule has 0 aliphatic rings. The van der Waals surface area contributed by atoms with Gasteiger partial charge < -0.3 is 15.6 Å². The van der Waals surface area contributed by atoms with Crippen molar-refractivity contribution in [2.24, 2.45) is 0 Å². The Morgan fingerprint density at radius 1 is 1.30 bits per heavy atom. The van der Waals surface area contributed by atoms with E-state index in [1.807, 2.05) is 0 Å². The molecule has 20 heavy (non-hydrogen) atoms. The number of halogens is 2. The highest BCUT2D eigenvalue weighted by Gasteiger charge is 2.15. The van der Waals surface area contributed by atoms with Gasteiger partial charge in [0.2, 0.25) is 0 Å². The molecule has 0 heterocycles. The fourth-order valence-corrected chi connectivity index (χ4v) is 1.90. The van der Waals surface area contributed by atoms with E-state index in [1.54, 1.807) is 25.1 Å². The van der Waals surface area contributed by atoms with Crippen LogP contribution in [0.3, 0.4) is 0 Å². The smallest absolute Gasteiger partial charge is 0.337 e. The number of benzene rings is 2. The van der Waals surface area contributed by atoms with Gasteiger partial charge in [0.15, 0.2) is 11.6 Å². The summed E-state index contributed by atoms with van der Waals surface area (Å²) in [5, 5.41) is 9.49. The molecule has 0 radical (unpaired) electrons. The van der Waals surface area contributed by atoms with Gasteiger partial charge in [-0.3, -0.25) is 0 Å². The molecule has 2 rings (SSSR count). The molecular formula is C14H11ClFNO3. The first-order chi connectivity index (χ1) is 9.38. The SMILES string of the molecule is Cc1cc(Cl)ccc1Oc1cc(C(=O)O)c(N)cc1F. The molecule has 0 saturated heterocycles. The van der Waals surface area contributed by atoms with E-state index in [9.17, 15) is 9.18 Å². The predicted molar refractivity (Wildman–Crippen MR) is 74.0 cm³/mol. The fraction of sp³-hybridized carbons (Fsp3) is 0.0714. The van der Waals surface area contributed by atoms with Crippen molar-refractivity contribution >= 4 is 23.3 Å². The van der Waals surface area contributed by atoms with E-state index in [0.29, 0.717) is 16.3 Å². The number of nitrogen functional groups attached to an aromatic ring is 1. The molecule has 3 N–H and O–H groups in total. The fourth-order valence-electron chi connectivity index (χ4n) is 1.68. The van der Waals surface area contributed by atoms with Gasteiger partial charge in [0.05, 0.1) is 5.56 Å². The van der Waals surface area contributed by atoms with Gasteiger partial charge in [-0.05, 0) is 30.7 Å². The van der Waals surface area contributed by atoms with E-state index in [-0.39, 0.29) is 17.0 Å². The van der Waals surface area contributed by atoms with Gasteiger partial charge >= 0.3 is 5.97 Å². The van der Waals surface area contributed by atoms with Crippen LogP contribution in [0.25, 0.3) is 0 Å². The second kappa shape index (κ2) is 5.38. The lowest BCUT2D eigenvalue weighted by Gasteiger charge is -2.11. The third kappa shape index (κ3) is 2.83. The first-order valence-corrected chi connectivity index (χ1v) is 6.02. The molecule has 0 fully saturated rings. The van der Waals surface area contributed by atoms with Crippen molar-refractivity contribution in [3.8, 4) is 11.5 Å². The van der Waals surface area contributed by atoms with Crippen LogP contribution < -0.4 is 10.5 Å². The average molecular weight is 296 g/mol. The lowest BCUT2D eigenvalue weighted by Crippen LogP contribution is -2.04. The van der Waals surface area contributed by atoms with Crippen LogP contribution in [0.15, 0.2) is 30.3 Å². The molecule has 0 spiro atoms. The molecule has 104 valence electrons. The largest absolute Gasteiger partial charge is 0.478 e. The highest BCUT2D eigenvalue weighted by Crippen LogP contribution is 2.31. The minimum Gasteiger partial charge on any atom is -0.478 e. The van der Waals surface area contributed by atoms with Gasteiger partial charge in [0.1, 0.15) is 5.75 Å². The molecule has 0 saturated carbocycles. The summed E-state index contributed by atoms with van der Waals surface area (Å²) >= 11 is 5.81. The third-order valence-corrected chi connectivity index (χ3v) is 2.93. The first kappa shape index (κ1) is 14.1. The van der Waals surface area contributed by atoms with Crippen LogP contribution in [0, 0.1) is 12.7 Å². The Kier molecular flexibility index (Phi) is 3.81. The van der Waals surface area contributed by atoms with Crippen molar-refractivity contribution in [2.45, 2.75) is 6.92 Å². The van der Waals surface area contributed by atoms with Gasteiger partial charge in [-0.25, -0.2) is 9.18 Å². The molecule has 0 aromatic heterocycles. The minimum atomic E-state index is -1.25. The Balaban J connectivity index is 2.43. The topological polar surface area (TPSA) is 72.5 Å². The number of carbonyl (C=O) groups is 1. The number of ether oxygens (including phenoxy) is 1. The number of hydrogen-bond donors (Lipinski definition) is 2. The number of carboxylic acids is 1. The van der Waals surface area contributed by atoms with E-state index in [2.05, 4.69) is 0 Å². The number of aryl methyl sites for hydroxylation is 1. The van der Waals surface area contributed by atoms with E-state index in [1.165, 1.54) is 0 Å². The summed E-state index contributed by atoms with van der Waals surface area (Å²) in [6.45, 7) is 1.74. The lowest BCUT2D eigenvalue weighted by atomic mass is 10.1. The molecule has 0 aliphatic heterocycles. The van der Waals surface area contributed by atoms with Gasteiger partial charge in [0, 0.05) is 22.8 Å². The van der Waals surface area contributed by atoms with Crippen molar-refractivity contribution < 1.29 is 19.0 Å². The molecule has 0 atom stereocenters. The second-order valence-corrected chi connectivity index (χ2v) is 4.62. The Bertz CT molecular complexity index is 688.